The van der Waals surface area contributed by atoms with Gasteiger partial charge < -0.3 is 0 Å². The lowest BCUT2D eigenvalue weighted by Crippen LogP contribution is -1.94. The molecule has 1 aromatic rings. The highest BCUT2D eigenvalue weighted by molar-refractivity contribution is 8.00. The molecule has 0 radical (unpaired) electrons. The maximum atomic E-state index is 12.9. The summed E-state index contributed by atoms with van der Waals surface area (Å²) in [6.45, 7) is 1.41. The molecule has 70 valence electrons. The van der Waals surface area contributed by atoms with Gasteiger partial charge in [-0.05, 0) is 25.1 Å². The molecule has 1 aromatic carbocycles. The van der Waals surface area contributed by atoms with Crippen LogP contribution < -0.4 is 0 Å². The molecule has 0 bridgehead atoms. The molecule has 0 atom stereocenters. The van der Waals surface area contributed by atoms with Gasteiger partial charge in [0.1, 0.15) is 17.4 Å². The zero-order chi connectivity index (χ0) is 9.84. The van der Waals surface area contributed by atoms with Crippen LogP contribution in [0.4, 0.5) is 8.78 Å². The van der Waals surface area contributed by atoms with Gasteiger partial charge in [0.05, 0.1) is 5.75 Å². The SMILES string of the molecule is CC(=O)CSc1cc(F)ccc1F. The Bertz CT molecular complexity index is 325. The summed E-state index contributed by atoms with van der Waals surface area (Å²) in [4.78, 5) is 10.8. The third kappa shape index (κ3) is 3.14. The highest BCUT2D eigenvalue weighted by Crippen LogP contribution is 2.22. The van der Waals surface area contributed by atoms with Crippen LogP contribution in [0.1, 0.15) is 6.92 Å². The highest BCUT2D eigenvalue weighted by atomic mass is 32.2. The van der Waals surface area contributed by atoms with E-state index >= 15 is 0 Å². The molecule has 0 aliphatic rings. The quantitative estimate of drug-likeness (QED) is 0.701. The summed E-state index contributed by atoms with van der Waals surface area (Å²) in [7, 11) is 0. The number of benzene rings is 1. The van der Waals surface area contributed by atoms with Crippen molar-refractivity contribution in [2.75, 3.05) is 5.75 Å². The van der Waals surface area contributed by atoms with Gasteiger partial charge in [-0.2, -0.15) is 0 Å². The lowest BCUT2D eigenvalue weighted by molar-refractivity contribution is -0.114. The Morgan fingerprint density at radius 1 is 1.46 bits per heavy atom. The molecule has 0 amide bonds. The van der Waals surface area contributed by atoms with E-state index in [4.69, 9.17) is 0 Å². The lowest BCUT2D eigenvalue weighted by Gasteiger charge is -2.00. The van der Waals surface area contributed by atoms with Crippen LogP contribution in [0.2, 0.25) is 0 Å². The van der Waals surface area contributed by atoms with E-state index in [2.05, 4.69) is 0 Å². The summed E-state index contributed by atoms with van der Waals surface area (Å²) >= 11 is 1.00. The van der Waals surface area contributed by atoms with E-state index in [0.717, 1.165) is 30.0 Å². The first-order chi connectivity index (χ1) is 6.09. The van der Waals surface area contributed by atoms with Crippen LogP contribution >= 0.6 is 11.8 Å². The van der Waals surface area contributed by atoms with E-state index in [1.54, 1.807) is 0 Å². The van der Waals surface area contributed by atoms with E-state index < -0.39 is 11.6 Å². The van der Waals surface area contributed by atoms with Crippen molar-refractivity contribution in [1.82, 2.24) is 0 Å². The van der Waals surface area contributed by atoms with E-state index in [0.29, 0.717) is 0 Å². The van der Waals surface area contributed by atoms with Gasteiger partial charge in [-0.15, -0.1) is 11.8 Å². The van der Waals surface area contributed by atoms with Crippen LogP contribution in [-0.2, 0) is 4.79 Å². The maximum absolute atomic E-state index is 12.9. The summed E-state index contributed by atoms with van der Waals surface area (Å²) in [6, 6.07) is 3.19. The number of hydrogen-bond acceptors (Lipinski definition) is 2. The third-order valence-electron chi connectivity index (χ3n) is 1.32. The van der Waals surface area contributed by atoms with Crippen molar-refractivity contribution >= 4 is 17.5 Å². The first-order valence-corrected chi connectivity index (χ1v) is 4.65. The number of ketones is 1. The number of Topliss-reactive ketones (excluding diaryl/α,β-unsaturated/α-hetero) is 1. The van der Waals surface area contributed by atoms with Gasteiger partial charge in [-0.1, -0.05) is 0 Å². The summed E-state index contributed by atoms with van der Waals surface area (Å²) in [5, 5.41) is 0. The predicted molar refractivity (Wildman–Crippen MR) is 47.8 cm³/mol. The molecule has 13 heavy (non-hydrogen) atoms. The summed E-state index contributed by atoms with van der Waals surface area (Å²) in [6.07, 6.45) is 0. The molecule has 0 fully saturated rings. The zero-order valence-corrected chi connectivity index (χ0v) is 7.83. The van der Waals surface area contributed by atoms with Crippen molar-refractivity contribution in [3.63, 3.8) is 0 Å². The Kier molecular flexibility index (Phi) is 3.42. The van der Waals surface area contributed by atoms with Crippen molar-refractivity contribution < 1.29 is 13.6 Å². The van der Waals surface area contributed by atoms with Gasteiger partial charge in [0.15, 0.2) is 0 Å². The monoisotopic (exact) mass is 202 g/mol. The summed E-state index contributed by atoms with van der Waals surface area (Å²) in [5.41, 5.74) is 0. The topological polar surface area (TPSA) is 17.1 Å². The standard InChI is InChI=1S/C9H8F2OS/c1-6(12)5-13-9-4-7(10)2-3-8(9)11/h2-4H,5H2,1H3. The molecule has 0 unspecified atom stereocenters. The third-order valence-corrected chi connectivity index (χ3v) is 2.50. The van der Waals surface area contributed by atoms with Crippen LogP contribution in [0.5, 0.6) is 0 Å². The van der Waals surface area contributed by atoms with Crippen LogP contribution in [-0.4, -0.2) is 11.5 Å². The summed E-state index contributed by atoms with van der Waals surface area (Å²) in [5.74, 6) is -0.880. The molecule has 0 aliphatic heterocycles. The average molecular weight is 202 g/mol. The molecule has 0 aliphatic carbocycles. The molecular weight excluding hydrogens is 194 g/mol. The number of hydrogen-bond donors (Lipinski definition) is 0. The van der Waals surface area contributed by atoms with Crippen molar-refractivity contribution in [1.29, 1.82) is 0 Å². The van der Waals surface area contributed by atoms with E-state index in [9.17, 15) is 13.6 Å². The fourth-order valence-corrected chi connectivity index (χ4v) is 1.53. The van der Waals surface area contributed by atoms with Crippen LogP contribution in [0.15, 0.2) is 23.1 Å². The fraction of sp³-hybridized carbons (Fsp3) is 0.222. The average Bonchev–Trinajstić information content (AvgIpc) is 2.06. The highest BCUT2D eigenvalue weighted by Gasteiger charge is 2.05. The molecule has 1 rings (SSSR count). The Balaban J connectivity index is 2.75. The number of carbonyl (C=O) groups is 1. The number of halogens is 2. The molecule has 1 nitrogen and oxygen atoms in total. The number of rotatable bonds is 3. The lowest BCUT2D eigenvalue weighted by atomic mass is 10.3. The van der Waals surface area contributed by atoms with Crippen molar-refractivity contribution in [3.05, 3.63) is 29.8 Å². The smallest absolute Gasteiger partial charge is 0.140 e. The minimum Gasteiger partial charge on any atom is -0.299 e. The van der Waals surface area contributed by atoms with Crippen molar-refractivity contribution in [2.45, 2.75) is 11.8 Å². The predicted octanol–water partition coefficient (Wildman–Crippen LogP) is 2.65. The van der Waals surface area contributed by atoms with Gasteiger partial charge in [0.2, 0.25) is 0 Å². The molecule has 4 heteroatoms. The van der Waals surface area contributed by atoms with Crippen LogP contribution in [0.25, 0.3) is 0 Å². The minimum absolute atomic E-state index is 0.0614. The Labute approximate surface area is 79.1 Å². The van der Waals surface area contributed by atoms with Crippen molar-refractivity contribution in [3.8, 4) is 0 Å². The van der Waals surface area contributed by atoms with Crippen molar-refractivity contribution in [2.24, 2.45) is 0 Å². The second kappa shape index (κ2) is 4.37. The molecule has 0 saturated heterocycles. The zero-order valence-electron chi connectivity index (χ0n) is 7.01. The first-order valence-electron chi connectivity index (χ1n) is 3.67. The Hall–Kier alpha value is -0.900. The molecule has 0 spiro atoms. The van der Waals surface area contributed by atoms with Gasteiger partial charge in [0, 0.05) is 4.90 Å². The normalized spacial score (nSPS) is 10.1. The number of carbonyl (C=O) groups excluding carboxylic acids is 1. The van der Waals surface area contributed by atoms with Gasteiger partial charge in [-0.25, -0.2) is 8.78 Å². The van der Waals surface area contributed by atoms with Crippen LogP contribution in [0, 0.1) is 11.6 Å². The molecule has 0 aromatic heterocycles. The fourth-order valence-electron chi connectivity index (χ4n) is 0.767. The van der Waals surface area contributed by atoms with E-state index in [1.165, 1.54) is 6.92 Å². The van der Waals surface area contributed by atoms with E-state index in [-0.39, 0.29) is 16.4 Å². The van der Waals surface area contributed by atoms with Crippen LogP contribution in [0.3, 0.4) is 0 Å². The first kappa shape index (κ1) is 10.2. The number of thioether (sulfide) groups is 1. The largest absolute Gasteiger partial charge is 0.299 e. The van der Waals surface area contributed by atoms with Gasteiger partial charge in [0.25, 0.3) is 0 Å². The maximum Gasteiger partial charge on any atom is 0.140 e. The Morgan fingerprint density at radius 3 is 2.77 bits per heavy atom. The second-order valence-electron chi connectivity index (χ2n) is 2.57. The second-order valence-corrected chi connectivity index (χ2v) is 3.58. The molecule has 0 N–H and O–H groups in total. The molecular formula is C9H8F2OS. The van der Waals surface area contributed by atoms with E-state index in [1.807, 2.05) is 0 Å². The van der Waals surface area contributed by atoms with Gasteiger partial charge >= 0.3 is 0 Å². The summed E-state index contributed by atoms with van der Waals surface area (Å²) < 4.78 is 25.5. The Morgan fingerprint density at radius 2 is 2.15 bits per heavy atom. The minimum atomic E-state index is -0.493. The van der Waals surface area contributed by atoms with Gasteiger partial charge in [-0.3, -0.25) is 4.79 Å². The molecule has 0 saturated carbocycles. The molecule has 0 heterocycles.